The minimum Gasteiger partial charge on any atom is -0.478 e. The predicted octanol–water partition coefficient (Wildman–Crippen LogP) is 3.40. The Morgan fingerprint density at radius 3 is 2.85 bits per heavy atom. The van der Waals surface area contributed by atoms with Crippen molar-refractivity contribution in [3.8, 4) is 0 Å². The molecule has 0 aliphatic heterocycles. The molecule has 2 aromatic rings. The number of aromatic nitrogens is 1. The maximum absolute atomic E-state index is 11.1. The summed E-state index contributed by atoms with van der Waals surface area (Å²) in [7, 11) is 0. The highest BCUT2D eigenvalue weighted by molar-refractivity contribution is 6.29. The number of rotatable bonds is 5. The fourth-order valence-corrected chi connectivity index (χ4v) is 2.08. The molecule has 0 aliphatic carbocycles. The van der Waals surface area contributed by atoms with Gasteiger partial charge in [-0.05, 0) is 31.0 Å². The lowest BCUT2D eigenvalue weighted by atomic mass is 10.1. The first kappa shape index (κ1) is 14.3. The second-order valence-corrected chi connectivity index (χ2v) is 4.89. The normalized spacial score (nSPS) is 10.3. The fraction of sp³-hybridized carbons (Fsp3) is 0.200. The van der Waals surface area contributed by atoms with E-state index in [0.29, 0.717) is 12.4 Å². The predicted molar refractivity (Wildman–Crippen MR) is 79.6 cm³/mol. The molecular formula is C15H15ClN2O2. The summed E-state index contributed by atoms with van der Waals surface area (Å²) in [5.74, 6) is -0.718. The minimum absolute atomic E-state index is 0.124. The number of benzene rings is 1. The van der Waals surface area contributed by atoms with Crippen LogP contribution < -0.4 is 5.32 Å². The summed E-state index contributed by atoms with van der Waals surface area (Å²) < 4.78 is 0. The van der Waals surface area contributed by atoms with Gasteiger partial charge >= 0.3 is 5.97 Å². The van der Waals surface area contributed by atoms with Crippen LogP contribution in [0, 0.1) is 6.92 Å². The van der Waals surface area contributed by atoms with E-state index in [-0.39, 0.29) is 10.7 Å². The van der Waals surface area contributed by atoms with E-state index in [9.17, 15) is 4.79 Å². The third-order valence-electron chi connectivity index (χ3n) is 2.88. The van der Waals surface area contributed by atoms with Gasteiger partial charge in [0.25, 0.3) is 0 Å². The van der Waals surface area contributed by atoms with E-state index in [1.54, 1.807) is 0 Å². The average Bonchev–Trinajstić information content (AvgIpc) is 2.38. The van der Waals surface area contributed by atoms with Crippen LogP contribution in [-0.2, 0) is 6.42 Å². The van der Waals surface area contributed by atoms with Gasteiger partial charge in [-0.15, -0.1) is 0 Å². The maximum atomic E-state index is 11.1. The summed E-state index contributed by atoms with van der Waals surface area (Å²) in [4.78, 5) is 15.1. The zero-order valence-electron chi connectivity index (χ0n) is 11.1. The maximum Gasteiger partial charge on any atom is 0.339 e. The first-order chi connectivity index (χ1) is 9.56. The van der Waals surface area contributed by atoms with E-state index in [1.807, 2.05) is 25.1 Å². The number of nitrogens with one attached hydrogen (secondary N) is 1. The van der Waals surface area contributed by atoms with Crippen LogP contribution in [0.4, 0.5) is 5.82 Å². The van der Waals surface area contributed by atoms with Crippen LogP contribution in [0.2, 0.25) is 5.15 Å². The van der Waals surface area contributed by atoms with Crippen LogP contribution in [0.3, 0.4) is 0 Å². The number of nitrogens with zero attached hydrogens (tertiary/aromatic N) is 1. The van der Waals surface area contributed by atoms with Crippen molar-refractivity contribution in [3.05, 3.63) is 58.2 Å². The van der Waals surface area contributed by atoms with Gasteiger partial charge < -0.3 is 10.4 Å². The van der Waals surface area contributed by atoms with Gasteiger partial charge in [0.05, 0.1) is 0 Å². The molecule has 1 heterocycles. The van der Waals surface area contributed by atoms with E-state index >= 15 is 0 Å². The molecule has 0 fully saturated rings. The smallest absolute Gasteiger partial charge is 0.339 e. The van der Waals surface area contributed by atoms with Crippen molar-refractivity contribution in [3.63, 3.8) is 0 Å². The van der Waals surface area contributed by atoms with Gasteiger partial charge in [-0.1, -0.05) is 41.4 Å². The van der Waals surface area contributed by atoms with Crippen molar-refractivity contribution >= 4 is 23.4 Å². The molecule has 0 saturated carbocycles. The molecule has 0 amide bonds. The van der Waals surface area contributed by atoms with Crippen molar-refractivity contribution in [2.45, 2.75) is 13.3 Å². The number of carboxylic acid groups (broad SMARTS) is 1. The highest BCUT2D eigenvalue weighted by Crippen LogP contribution is 2.16. The number of aromatic carboxylic acids is 1. The van der Waals surface area contributed by atoms with E-state index in [2.05, 4.69) is 16.4 Å². The molecule has 0 radical (unpaired) electrons. The number of pyridine rings is 1. The Balaban J connectivity index is 2.04. The van der Waals surface area contributed by atoms with Crippen LogP contribution in [0.5, 0.6) is 0 Å². The quantitative estimate of drug-likeness (QED) is 0.829. The van der Waals surface area contributed by atoms with E-state index < -0.39 is 5.97 Å². The zero-order valence-corrected chi connectivity index (χ0v) is 11.8. The highest BCUT2D eigenvalue weighted by atomic mass is 35.5. The Labute approximate surface area is 122 Å². The lowest BCUT2D eigenvalue weighted by Crippen LogP contribution is -2.11. The third kappa shape index (κ3) is 3.71. The Morgan fingerprint density at radius 1 is 1.35 bits per heavy atom. The highest BCUT2D eigenvalue weighted by Gasteiger charge is 2.11. The lowest BCUT2D eigenvalue weighted by molar-refractivity contribution is 0.0697. The average molecular weight is 291 g/mol. The molecule has 1 aromatic heterocycles. The summed E-state index contributed by atoms with van der Waals surface area (Å²) in [5.41, 5.74) is 2.52. The molecule has 2 N–H and O–H groups in total. The first-order valence-corrected chi connectivity index (χ1v) is 6.63. The molecule has 0 bridgehead atoms. The van der Waals surface area contributed by atoms with Crippen molar-refractivity contribution in [2.75, 3.05) is 11.9 Å². The number of hydrogen-bond donors (Lipinski definition) is 2. The van der Waals surface area contributed by atoms with Gasteiger partial charge in [0.2, 0.25) is 0 Å². The number of carbonyl (C=O) groups is 1. The van der Waals surface area contributed by atoms with Crippen LogP contribution in [0.25, 0.3) is 0 Å². The third-order valence-corrected chi connectivity index (χ3v) is 3.09. The van der Waals surface area contributed by atoms with E-state index in [0.717, 1.165) is 6.42 Å². The van der Waals surface area contributed by atoms with Crippen molar-refractivity contribution in [2.24, 2.45) is 0 Å². The van der Waals surface area contributed by atoms with Gasteiger partial charge in [0.15, 0.2) is 0 Å². The Kier molecular flexibility index (Phi) is 4.58. The summed E-state index contributed by atoms with van der Waals surface area (Å²) in [6, 6.07) is 11.1. The molecule has 0 aliphatic rings. The number of aryl methyl sites for hydroxylation is 1. The standard InChI is InChI=1S/C15H15ClN2O2/c1-10-3-2-4-11(9-10)7-8-17-14-12(15(19)20)5-6-13(16)18-14/h2-6,9H,7-8H2,1H3,(H,17,18)(H,19,20). The second-order valence-electron chi connectivity index (χ2n) is 4.50. The molecule has 104 valence electrons. The van der Waals surface area contributed by atoms with Gasteiger partial charge in [-0.3, -0.25) is 0 Å². The van der Waals surface area contributed by atoms with Crippen LogP contribution in [0.15, 0.2) is 36.4 Å². The number of hydrogen-bond acceptors (Lipinski definition) is 3. The summed E-state index contributed by atoms with van der Waals surface area (Å²) in [6.07, 6.45) is 0.787. The van der Waals surface area contributed by atoms with Gasteiger partial charge in [0, 0.05) is 6.54 Å². The summed E-state index contributed by atoms with van der Waals surface area (Å²) in [6.45, 7) is 2.63. The largest absolute Gasteiger partial charge is 0.478 e. The van der Waals surface area contributed by atoms with Crippen LogP contribution in [-0.4, -0.2) is 22.6 Å². The molecular weight excluding hydrogens is 276 g/mol. The SMILES string of the molecule is Cc1cccc(CCNc2nc(Cl)ccc2C(=O)O)c1. The Bertz CT molecular complexity index is 629. The van der Waals surface area contributed by atoms with Gasteiger partial charge in [-0.2, -0.15) is 0 Å². The summed E-state index contributed by atoms with van der Waals surface area (Å²) in [5, 5.41) is 12.4. The molecule has 0 saturated heterocycles. The lowest BCUT2D eigenvalue weighted by Gasteiger charge is -2.09. The molecule has 4 nitrogen and oxygen atoms in total. The molecule has 0 unspecified atom stereocenters. The topological polar surface area (TPSA) is 62.2 Å². The van der Waals surface area contributed by atoms with Gasteiger partial charge in [-0.25, -0.2) is 9.78 Å². The minimum atomic E-state index is -1.02. The van der Waals surface area contributed by atoms with Crippen molar-refractivity contribution in [1.29, 1.82) is 0 Å². The molecule has 20 heavy (non-hydrogen) atoms. The van der Waals surface area contributed by atoms with Crippen LogP contribution >= 0.6 is 11.6 Å². The Hall–Kier alpha value is -2.07. The number of anilines is 1. The molecule has 0 atom stereocenters. The van der Waals surface area contributed by atoms with Crippen molar-refractivity contribution < 1.29 is 9.90 Å². The second kappa shape index (κ2) is 6.39. The van der Waals surface area contributed by atoms with Gasteiger partial charge in [0.1, 0.15) is 16.5 Å². The van der Waals surface area contributed by atoms with Crippen LogP contribution in [0.1, 0.15) is 21.5 Å². The molecule has 5 heteroatoms. The number of halogens is 1. The van der Waals surface area contributed by atoms with Crippen molar-refractivity contribution in [1.82, 2.24) is 4.98 Å². The Morgan fingerprint density at radius 2 is 2.15 bits per heavy atom. The molecule has 2 rings (SSSR count). The van der Waals surface area contributed by atoms with E-state index in [1.165, 1.54) is 23.3 Å². The van der Waals surface area contributed by atoms with E-state index in [4.69, 9.17) is 16.7 Å². The molecule has 1 aromatic carbocycles. The first-order valence-electron chi connectivity index (χ1n) is 6.25. The molecule has 0 spiro atoms. The summed E-state index contributed by atoms with van der Waals surface area (Å²) >= 11 is 5.79. The number of carboxylic acids is 1. The zero-order chi connectivity index (χ0) is 14.5. The monoisotopic (exact) mass is 290 g/mol. The fourth-order valence-electron chi connectivity index (χ4n) is 1.94.